The molecule has 0 saturated carbocycles. The Balaban J connectivity index is 3.93. The summed E-state index contributed by atoms with van der Waals surface area (Å²) >= 11 is 0. The molecule has 4 heteroatoms. The monoisotopic (exact) mass is 239 g/mol. The standard InChI is InChI=1S/C13H25N3O/c1-5-9-15-12(17)11(2)16-10-13(3,4)7-6-8-14/h11,16H,5-7,9-10H2,1-4H3,(H,15,17). The van der Waals surface area contributed by atoms with Crippen LogP contribution in [0.4, 0.5) is 0 Å². The first-order valence-corrected chi connectivity index (χ1v) is 6.31. The largest absolute Gasteiger partial charge is 0.355 e. The third kappa shape index (κ3) is 7.76. The summed E-state index contributed by atoms with van der Waals surface area (Å²) in [5, 5.41) is 14.6. The van der Waals surface area contributed by atoms with E-state index in [9.17, 15) is 4.79 Å². The Hall–Kier alpha value is -1.08. The minimum absolute atomic E-state index is 0.0444. The fraction of sp³-hybridized carbons (Fsp3) is 0.846. The number of amides is 1. The van der Waals surface area contributed by atoms with Gasteiger partial charge < -0.3 is 10.6 Å². The molecule has 4 nitrogen and oxygen atoms in total. The maximum Gasteiger partial charge on any atom is 0.236 e. The fourth-order valence-electron chi connectivity index (χ4n) is 1.41. The second-order valence-electron chi connectivity index (χ2n) is 5.22. The van der Waals surface area contributed by atoms with Crippen molar-refractivity contribution in [2.24, 2.45) is 5.41 Å². The molecule has 0 radical (unpaired) electrons. The van der Waals surface area contributed by atoms with Crippen molar-refractivity contribution < 1.29 is 4.79 Å². The summed E-state index contributed by atoms with van der Waals surface area (Å²) in [5.74, 6) is 0.0444. The van der Waals surface area contributed by atoms with E-state index in [0.717, 1.165) is 25.9 Å². The molecule has 0 aliphatic carbocycles. The highest BCUT2D eigenvalue weighted by molar-refractivity contribution is 5.81. The van der Waals surface area contributed by atoms with E-state index < -0.39 is 0 Å². The normalized spacial score (nSPS) is 12.9. The number of carbonyl (C=O) groups is 1. The molecule has 0 bridgehead atoms. The average molecular weight is 239 g/mol. The minimum Gasteiger partial charge on any atom is -0.355 e. The van der Waals surface area contributed by atoms with Crippen LogP contribution in [0.3, 0.4) is 0 Å². The number of hydrogen-bond donors (Lipinski definition) is 2. The zero-order chi connectivity index (χ0) is 13.3. The van der Waals surface area contributed by atoms with Gasteiger partial charge in [0.25, 0.3) is 0 Å². The lowest BCUT2D eigenvalue weighted by Gasteiger charge is -2.26. The number of nitrogens with zero attached hydrogens (tertiary/aromatic N) is 1. The minimum atomic E-state index is -0.178. The van der Waals surface area contributed by atoms with Crippen LogP contribution in [0.1, 0.15) is 47.0 Å². The Morgan fingerprint density at radius 2 is 2.12 bits per heavy atom. The molecule has 0 heterocycles. The Labute approximate surface area is 105 Å². The van der Waals surface area contributed by atoms with Gasteiger partial charge in [0.15, 0.2) is 0 Å². The molecule has 1 amide bonds. The van der Waals surface area contributed by atoms with Crippen LogP contribution < -0.4 is 10.6 Å². The number of carbonyl (C=O) groups excluding carboxylic acids is 1. The molecule has 0 fully saturated rings. The summed E-state index contributed by atoms with van der Waals surface area (Å²) in [7, 11) is 0. The maximum atomic E-state index is 11.6. The smallest absolute Gasteiger partial charge is 0.236 e. The van der Waals surface area contributed by atoms with Gasteiger partial charge in [0.05, 0.1) is 12.1 Å². The van der Waals surface area contributed by atoms with Gasteiger partial charge in [-0.05, 0) is 25.2 Å². The molecule has 0 aliphatic heterocycles. The van der Waals surface area contributed by atoms with Crippen molar-refractivity contribution in [2.45, 2.75) is 53.0 Å². The SMILES string of the molecule is CCCNC(=O)C(C)NCC(C)(C)CCC#N. The van der Waals surface area contributed by atoms with Crippen molar-refractivity contribution in [3.8, 4) is 6.07 Å². The van der Waals surface area contributed by atoms with Gasteiger partial charge in [-0.3, -0.25) is 4.79 Å². The molecule has 0 aromatic heterocycles. The molecule has 98 valence electrons. The molecular weight excluding hydrogens is 214 g/mol. The van der Waals surface area contributed by atoms with Crippen LogP contribution in [-0.2, 0) is 4.79 Å². The molecule has 0 aromatic carbocycles. The summed E-state index contributed by atoms with van der Waals surface area (Å²) < 4.78 is 0. The van der Waals surface area contributed by atoms with E-state index in [2.05, 4.69) is 30.6 Å². The lowest BCUT2D eigenvalue weighted by Crippen LogP contribution is -2.45. The first-order chi connectivity index (χ1) is 7.93. The molecule has 0 aromatic rings. The Kier molecular flexibility index (Phi) is 7.56. The molecule has 2 N–H and O–H groups in total. The highest BCUT2D eigenvalue weighted by atomic mass is 16.2. The maximum absolute atomic E-state index is 11.6. The second kappa shape index (κ2) is 8.08. The Morgan fingerprint density at radius 3 is 2.65 bits per heavy atom. The van der Waals surface area contributed by atoms with Crippen LogP contribution in [-0.4, -0.2) is 25.0 Å². The number of rotatable bonds is 8. The third-order valence-corrected chi connectivity index (χ3v) is 2.74. The third-order valence-electron chi connectivity index (χ3n) is 2.74. The summed E-state index contributed by atoms with van der Waals surface area (Å²) in [6.07, 6.45) is 2.36. The summed E-state index contributed by atoms with van der Waals surface area (Å²) in [4.78, 5) is 11.6. The van der Waals surface area contributed by atoms with Crippen molar-refractivity contribution in [1.82, 2.24) is 10.6 Å². The van der Waals surface area contributed by atoms with Gasteiger partial charge in [0.1, 0.15) is 0 Å². The highest BCUT2D eigenvalue weighted by Gasteiger charge is 2.20. The lowest BCUT2D eigenvalue weighted by atomic mass is 9.88. The zero-order valence-electron chi connectivity index (χ0n) is 11.5. The van der Waals surface area contributed by atoms with E-state index in [-0.39, 0.29) is 17.4 Å². The van der Waals surface area contributed by atoms with Crippen LogP contribution in [0.15, 0.2) is 0 Å². The van der Waals surface area contributed by atoms with Crippen molar-refractivity contribution >= 4 is 5.91 Å². The van der Waals surface area contributed by atoms with Gasteiger partial charge in [0, 0.05) is 19.5 Å². The van der Waals surface area contributed by atoms with Crippen molar-refractivity contribution in [1.29, 1.82) is 5.26 Å². The summed E-state index contributed by atoms with van der Waals surface area (Å²) in [5.41, 5.74) is 0.0506. The molecule has 0 aliphatic rings. The summed E-state index contributed by atoms with van der Waals surface area (Å²) in [6.45, 7) is 9.58. The van der Waals surface area contributed by atoms with E-state index in [0.29, 0.717) is 6.42 Å². The van der Waals surface area contributed by atoms with Crippen LogP contribution in [0, 0.1) is 16.7 Å². The van der Waals surface area contributed by atoms with Crippen molar-refractivity contribution in [3.63, 3.8) is 0 Å². The molecular formula is C13H25N3O. The van der Waals surface area contributed by atoms with Gasteiger partial charge in [-0.1, -0.05) is 20.8 Å². The lowest BCUT2D eigenvalue weighted by molar-refractivity contribution is -0.122. The van der Waals surface area contributed by atoms with E-state index in [1.54, 1.807) is 0 Å². The zero-order valence-corrected chi connectivity index (χ0v) is 11.5. The van der Waals surface area contributed by atoms with Gasteiger partial charge in [-0.15, -0.1) is 0 Å². The first kappa shape index (κ1) is 15.9. The van der Waals surface area contributed by atoms with Crippen molar-refractivity contribution in [2.75, 3.05) is 13.1 Å². The molecule has 17 heavy (non-hydrogen) atoms. The number of nitriles is 1. The molecule has 1 atom stereocenters. The van der Waals surface area contributed by atoms with E-state index in [1.165, 1.54) is 0 Å². The van der Waals surface area contributed by atoms with Crippen LogP contribution >= 0.6 is 0 Å². The summed E-state index contributed by atoms with van der Waals surface area (Å²) in [6, 6.07) is 1.98. The highest BCUT2D eigenvalue weighted by Crippen LogP contribution is 2.20. The average Bonchev–Trinajstić information content (AvgIpc) is 2.30. The van der Waals surface area contributed by atoms with Gasteiger partial charge in [0.2, 0.25) is 5.91 Å². The van der Waals surface area contributed by atoms with E-state index in [1.807, 2.05) is 13.8 Å². The van der Waals surface area contributed by atoms with Crippen LogP contribution in [0.2, 0.25) is 0 Å². The first-order valence-electron chi connectivity index (χ1n) is 6.31. The molecule has 0 rings (SSSR count). The molecule has 0 saturated heterocycles. The van der Waals surface area contributed by atoms with Crippen LogP contribution in [0.5, 0.6) is 0 Å². The van der Waals surface area contributed by atoms with Crippen LogP contribution in [0.25, 0.3) is 0 Å². The number of hydrogen-bond acceptors (Lipinski definition) is 3. The molecule has 1 unspecified atom stereocenters. The predicted octanol–water partition coefficient (Wildman–Crippen LogP) is 1.82. The number of nitrogens with one attached hydrogen (secondary N) is 2. The van der Waals surface area contributed by atoms with Gasteiger partial charge in [-0.2, -0.15) is 5.26 Å². The topological polar surface area (TPSA) is 64.9 Å². The quantitative estimate of drug-likeness (QED) is 0.679. The van der Waals surface area contributed by atoms with Gasteiger partial charge in [-0.25, -0.2) is 0 Å². The second-order valence-corrected chi connectivity index (χ2v) is 5.22. The Bertz CT molecular complexity index is 268. The Morgan fingerprint density at radius 1 is 1.47 bits per heavy atom. The molecule has 0 spiro atoms. The van der Waals surface area contributed by atoms with Gasteiger partial charge >= 0.3 is 0 Å². The van der Waals surface area contributed by atoms with E-state index in [4.69, 9.17) is 5.26 Å². The fourth-order valence-corrected chi connectivity index (χ4v) is 1.41. The van der Waals surface area contributed by atoms with Crippen molar-refractivity contribution in [3.05, 3.63) is 0 Å². The predicted molar refractivity (Wildman–Crippen MR) is 69.4 cm³/mol. The van der Waals surface area contributed by atoms with E-state index >= 15 is 0 Å².